The molecule has 66 valence electrons. The number of carbonyl (C=O) groups is 1. The zero-order chi connectivity index (χ0) is 9.14. The van der Waals surface area contributed by atoms with Gasteiger partial charge in [0.05, 0.1) is 13.2 Å². The predicted molar refractivity (Wildman–Crippen MR) is 39.3 cm³/mol. The molecule has 1 saturated heterocycles. The fourth-order valence-electron chi connectivity index (χ4n) is 1.07. The van der Waals surface area contributed by atoms with Gasteiger partial charge in [0.25, 0.3) is 0 Å². The number of ether oxygens (including phenoxy) is 2. The van der Waals surface area contributed by atoms with Gasteiger partial charge in [-0.1, -0.05) is 5.11 Å². The van der Waals surface area contributed by atoms with E-state index in [0.29, 0.717) is 0 Å². The first-order valence-electron chi connectivity index (χ1n) is 3.48. The lowest BCUT2D eigenvalue weighted by atomic mass is 10.0. The molecule has 0 saturated carbocycles. The first-order valence-corrected chi connectivity index (χ1v) is 3.48. The van der Waals surface area contributed by atoms with Crippen LogP contribution in [0.4, 0.5) is 0 Å². The van der Waals surface area contributed by atoms with Crippen molar-refractivity contribution in [2.75, 3.05) is 7.11 Å². The molecule has 1 aliphatic rings. The van der Waals surface area contributed by atoms with Gasteiger partial charge in [-0.15, -0.1) is 0 Å². The standard InChI is InChI=1S/C6H9N3O3/c1-3-4(8-9-7)5(12-3)6(10)11-2/h3-5H,1-2H3/t3-,4-,5+/m1/s1. The van der Waals surface area contributed by atoms with Crippen LogP contribution in [0.5, 0.6) is 0 Å². The van der Waals surface area contributed by atoms with Crippen LogP contribution in [0.1, 0.15) is 6.92 Å². The molecule has 0 radical (unpaired) electrons. The quantitative estimate of drug-likeness (QED) is 0.264. The van der Waals surface area contributed by atoms with Crippen molar-refractivity contribution in [2.45, 2.75) is 25.2 Å². The fourth-order valence-corrected chi connectivity index (χ4v) is 1.07. The monoisotopic (exact) mass is 171 g/mol. The van der Waals surface area contributed by atoms with E-state index in [2.05, 4.69) is 14.8 Å². The van der Waals surface area contributed by atoms with Crippen molar-refractivity contribution < 1.29 is 14.3 Å². The highest BCUT2D eigenvalue weighted by Crippen LogP contribution is 2.25. The van der Waals surface area contributed by atoms with E-state index in [1.807, 2.05) is 0 Å². The minimum atomic E-state index is -0.721. The van der Waals surface area contributed by atoms with Crippen molar-refractivity contribution in [3.63, 3.8) is 0 Å². The average Bonchev–Trinajstić information content (AvgIpc) is 2.09. The number of rotatable bonds is 2. The van der Waals surface area contributed by atoms with Crippen LogP contribution in [-0.2, 0) is 14.3 Å². The lowest BCUT2D eigenvalue weighted by molar-refractivity contribution is -0.185. The van der Waals surface area contributed by atoms with Gasteiger partial charge >= 0.3 is 5.97 Å². The highest BCUT2D eigenvalue weighted by atomic mass is 16.6. The number of esters is 1. The van der Waals surface area contributed by atoms with Crippen LogP contribution in [0.15, 0.2) is 5.11 Å². The summed E-state index contributed by atoms with van der Waals surface area (Å²) in [7, 11) is 1.27. The third-order valence-electron chi connectivity index (χ3n) is 1.77. The maximum atomic E-state index is 10.9. The molecule has 12 heavy (non-hydrogen) atoms. The maximum Gasteiger partial charge on any atom is 0.335 e. The Bertz CT molecular complexity index is 236. The minimum absolute atomic E-state index is 0.204. The van der Waals surface area contributed by atoms with Crippen molar-refractivity contribution in [1.29, 1.82) is 0 Å². The zero-order valence-corrected chi connectivity index (χ0v) is 6.80. The van der Waals surface area contributed by atoms with E-state index in [-0.39, 0.29) is 6.10 Å². The van der Waals surface area contributed by atoms with Gasteiger partial charge in [0.15, 0.2) is 6.10 Å². The SMILES string of the molecule is COC(=O)[C@H]1O[C@H](C)[C@H]1N=[N+]=[N-]. The molecule has 6 heteroatoms. The summed E-state index contributed by atoms with van der Waals surface area (Å²) < 4.78 is 9.45. The van der Waals surface area contributed by atoms with Crippen LogP contribution in [0.3, 0.4) is 0 Å². The molecule has 1 fully saturated rings. The molecule has 0 unspecified atom stereocenters. The summed E-state index contributed by atoms with van der Waals surface area (Å²) >= 11 is 0. The van der Waals surface area contributed by atoms with Crippen molar-refractivity contribution in [2.24, 2.45) is 5.11 Å². The first-order chi connectivity index (χ1) is 5.70. The van der Waals surface area contributed by atoms with Gasteiger partial charge in [0.1, 0.15) is 6.04 Å². The van der Waals surface area contributed by atoms with Gasteiger partial charge in [-0.2, -0.15) is 0 Å². The summed E-state index contributed by atoms with van der Waals surface area (Å²) in [6, 6.07) is -0.428. The van der Waals surface area contributed by atoms with E-state index in [4.69, 9.17) is 10.3 Å². The Balaban J connectivity index is 2.59. The maximum absolute atomic E-state index is 10.9. The molecule has 3 atom stereocenters. The molecule has 1 rings (SSSR count). The smallest absolute Gasteiger partial charge is 0.335 e. The van der Waals surface area contributed by atoms with E-state index >= 15 is 0 Å². The molecule has 0 aromatic heterocycles. The van der Waals surface area contributed by atoms with Crippen LogP contribution in [0.25, 0.3) is 10.4 Å². The highest BCUT2D eigenvalue weighted by Gasteiger charge is 2.44. The Labute approximate surface area is 69.1 Å². The second kappa shape index (κ2) is 3.42. The highest BCUT2D eigenvalue weighted by molar-refractivity contribution is 5.76. The predicted octanol–water partition coefficient (Wildman–Crippen LogP) is 0.626. The lowest BCUT2D eigenvalue weighted by Gasteiger charge is -2.37. The molecular formula is C6H9N3O3. The number of azide groups is 1. The largest absolute Gasteiger partial charge is 0.467 e. The summed E-state index contributed by atoms with van der Waals surface area (Å²) in [5, 5.41) is 3.42. The average molecular weight is 171 g/mol. The molecular weight excluding hydrogens is 162 g/mol. The molecule has 0 spiro atoms. The minimum Gasteiger partial charge on any atom is -0.467 e. The van der Waals surface area contributed by atoms with Crippen LogP contribution < -0.4 is 0 Å². The number of hydrogen-bond donors (Lipinski definition) is 0. The van der Waals surface area contributed by atoms with Crippen LogP contribution in [0, 0.1) is 0 Å². The summed E-state index contributed by atoms with van der Waals surface area (Å²) in [5.41, 5.74) is 8.14. The van der Waals surface area contributed by atoms with Gasteiger partial charge in [0.2, 0.25) is 0 Å². The summed E-state index contributed by atoms with van der Waals surface area (Å²) in [5.74, 6) is -0.495. The molecule has 0 N–H and O–H groups in total. The van der Waals surface area contributed by atoms with Gasteiger partial charge in [-0.3, -0.25) is 0 Å². The number of carbonyl (C=O) groups excluding carboxylic acids is 1. The first kappa shape index (κ1) is 8.83. The van der Waals surface area contributed by atoms with Crippen molar-refractivity contribution >= 4 is 5.97 Å². The number of nitrogens with zero attached hydrogens (tertiary/aromatic N) is 3. The Hall–Kier alpha value is -1.26. The third kappa shape index (κ3) is 1.34. The van der Waals surface area contributed by atoms with Crippen molar-refractivity contribution in [3.8, 4) is 0 Å². The molecule has 0 amide bonds. The molecule has 0 aliphatic carbocycles. The van der Waals surface area contributed by atoms with Crippen molar-refractivity contribution in [3.05, 3.63) is 10.4 Å². The summed E-state index contributed by atoms with van der Waals surface area (Å²) in [6.07, 6.45) is -0.925. The molecule has 1 aliphatic heterocycles. The Kier molecular flexibility index (Phi) is 2.52. The second-order valence-corrected chi connectivity index (χ2v) is 2.48. The Morgan fingerprint density at radius 1 is 1.75 bits per heavy atom. The second-order valence-electron chi connectivity index (χ2n) is 2.48. The Morgan fingerprint density at radius 3 is 2.83 bits per heavy atom. The fraction of sp³-hybridized carbons (Fsp3) is 0.833. The van der Waals surface area contributed by atoms with Gasteiger partial charge in [-0.05, 0) is 12.5 Å². The molecule has 6 nitrogen and oxygen atoms in total. The van der Waals surface area contributed by atoms with Crippen LogP contribution >= 0.6 is 0 Å². The van der Waals surface area contributed by atoms with Gasteiger partial charge in [0, 0.05) is 4.91 Å². The van der Waals surface area contributed by atoms with E-state index < -0.39 is 18.1 Å². The normalized spacial score (nSPS) is 33.0. The number of methoxy groups -OCH3 is 1. The van der Waals surface area contributed by atoms with E-state index in [0.717, 1.165) is 0 Å². The van der Waals surface area contributed by atoms with Crippen molar-refractivity contribution in [1.82, 2.24) is 0 Å². The molecule has 1 heterocycles. The van der Waals surface area contributed by atoms with E-state index in [1.54, 1.807) is 6.92 Å². The topological polar surface area (TPSA) is 84.3 Å². The molecule has 0 aromatic carbocycles. The van der Waals surface area contributed by atoms with E-state index in [1.165, 1.54) is 7.11 Å². The van der Waals surface area contributed by atoms with Gasteiger partial charge < -0.3 is 9.47 Å². The third-order valence-corrected chi connectivity index (χ3v) is 1.77. The lowest BCUT2D eigenvalue weighted by Crippen LogP contribution is -2.55. The Morgan fingerprint density at radius 2 is 2.42 bits per heavy atom. The summed E-state index contributed by atoms with van der Waals surface area (Å²) in [6.45, 7) is 1.73. The van der Waals surface area contributed by atoms with E-state index in [9.17, 15) is 4.79 Å². The molecule has 0 aromatic rings. The van der Waals surface area contributed by atoms with Crippen LogP contribution in [0.2, 0.25) is 0 Å². The number of hydrogen-bond acceptors (Lipinski definition) is 4. The summed E-state index contributed by atoms with van der Waals surface area (Å²) in [4.78, 5) is 13.5. The zero-order valence-electron chi connectivity index (χ0n) is 6.80. The van der Waals surface area contributed by atoms with Crippen LogP contribution in [-0.4, -0.2) is 31.3 Å². The van der Waals surface area contributed by atoms with Gasteiger partial charge in [-0.25, -0.2) is 4.79 Å². The molecule has 0 bridgehead atoms.